The number of para-hydroxylation sites is 1. The maximum Gasteiger partial charge on any atom is 0.408 e. The number of fused-ring (bicyclic) bond motifs is 1. The smallest absolute Gasteiger partial charge is 0.408 e. The first-order valence-electron chi connectivity index (χ1n) is 14.8. The van der Waals surface area contributed by atoms with Crippen LogP contribution in [0.2, 0.25) is 0 Å². The van der Waals surface area contributed by atoms with Gasteiger partial charge in [0.15, 0.2) is 23.1 Å². The Hall–Kier alpha value is -4.97. The molecular formula is C33H40N8O4. The quantitative estimate of drug-likeness (QED) is 0.254. The number of benzene rings is 2. The Labute approximate surface area is 263 Å². The number of amides is 1. The van der Waals surface area contributed by atoms with Gasteiger partial charge in [-0.3, -0.25) is 4.90 Å². The van der Waals surface area contributed by atoms with Gasteiger partial charge in [0.05, 0.1) is 38.1 Å². The fourth-order valence-corrected chi connectivity index (χ4v) is 4.99. The number of hydrogen-bond donors (Lipinski definition) is 1. The molecule has 0 bridgehead atoms. The summed E-state index contributed by atoms with van der Waals surface area (Å²) in [5.41, 5.74) is 2.39. The zero-order chi connectivity index (χ0) is 32.1. The minimum Gasteiger partial charge on any atom is -0.493 e. The van der Waals surface area contributed by atoms with Crippen molar-refractivity contribution in [2.75, 3.05) is 65.3 Å². The first-order chi connectivity index (χ1) is 21.6. The Morgan fingerprint density at radius 3 is 2.40 bits per heavy atom. The van der Waals surface area contributed by atoms with Gasteiger partial charge in [-0.2, -0.15) is 0 Å². The highest BCUT2D eigenvalue weighted by Crippen LogP contribution is 2.33. The molecule has 3 heterocycles. The number of methoxy groups -OCH3 is 2. The molecule has 0 spiro atoms. The van der Waals surface area contributed by atoms with Crippen molar-refractivity contribution in [1.82, 2.24) is 30.2 Å². The molecule has 0 radical (unpaired) electrons. The lowest BCUT2D eigenvalue weighted by molar-refractivity contribution is 0.0972. The van der Waals surface area contributed by atoms with E-state index in [2.05, 4.69) is 10.2 Å². The molecule has 1 N–H and O–H groups in total. The van der Waals surface area contributed by atoms with Crippen LogP contribution in [-0.4, -0.2) is 98.7 Å². The van der Waals surface area contributed by atoms with Crippen LogP contribution in [0.15, 0.2) is 48.5 Å². The lowest BCUT2D eigenvalue weighted by Crippen LogP contribution is -2.43. The lowest BCUT2D eigenvalue weighted by atomic mass is 10.1. The van der Waals surface area contributed by atoms with Gasteiger partial charge in [-0.15, -0.1) is 0 Å². The number of ether oxygens (including phenoxy) is 3. The van der Waals surface area contributed by atoms with Gasteiger partial charge in [0.2, 0.25) is 0 Å². The van der Waals surface area contributed by atoms with Gasteiger partial charge < -0.3 is 29.3 Å². The fraction of sp³-hybridized carbons (Fsp3) is 0.364. The number of aromatic nitrogens is 4. The number of rotatable bonds is 10. The third-order valence-electron chi connectivity index (χ3n) is 7.66. The predicted octanol–water partition coefficient (Wildman–Crippen LogP) is 4.55. The van der Waals surface area contributed by atoms with Crippen LogP contribution in [0.1, 0.15) is 25.0 Å². The Bertz CT molecular complexity index is 1690. The van der Waals surface area contributed by atoms with Crippen molar-refractivity contribution in [3.8, 4) is 22.8 Å². The van der Waals surface area contributed by atoms with Gasteiger partial charge in [-0.25, -0.2) is 24.7 Å². The number of alkyl carbamates (subject to hydrolysis) is 1. The largest absolute Gasteiger partial charge is 0.493 e. The van der Waals surface area contributed by atoms with Crippen molar-refractivity contribution >= 4 is 40.8 Å². The first kappa shape index (κ1) is 31.5. The second-order valence-corrected chi connectivity index (χ2v) is 11.2. The molecule has 12 nitrogen and oxygen atoms in total. The zero-order valence-corrected chi connectivity index (χ0v) is 26.8. The normalized spacial score (nSPS) is 15.5. The molecule has 2 aromatic carbocycles. The molecule has 45 heavy (non-hydrogen) atoms. The van der Waals surface area contributed by atoms with Gasteiger partial charge in [-0.1, -0.05) is 12.1 Å². The van der Waals surface area contributed by atoms with Crippen LogP contribution in [-0.2, 0) is 4.74 Å². The molecule has 1 aliphatic heterocycles. The summed E-state index contributed by atoms with van der Waals surface area (Å²) in [6, 6.07) is 15.5. The van der Waals surface area contributed by atoms with E-state index in [9.17, 15) is 4.79 Å². The second-order valence-electron chi connectivity index (χ2n) is 11.2. The van der Waals surface area contributed by atoms with E-state index in [1.54, 1.807) is 14.2 Å². The Kier molecular flexibility index (Phi) is 9.62. The summed E-state index contributed by atoms with van der Waals surface area (Å²) in [7, 11) is 10.9. The number of hydrogen-bond acceptors (Lipinski definition) is 11. The molecule has 5 rings (SSSR count). The van der Waals surface area contributed by atoms with Gasteiger partial charge in [-0.05, 0) is 63.5 Å². The van der Waals surface area contributed by atoms with E-state index in [1.165, 1.54) is 0 Å². The lowest BCUT2D eigenvalue weighted by Gasteiger charge is -2.22. The molecule has 236 valence electrons. The monoisotopic (exact) mass is 612 g/mol. The zero-order valence-electron chi connectivity index (χ0n) is 26.8. The van der Waals surface area contributed by atoms with E-state index in [0.29, 0.717) is 48.4 Å². The molecule has 4 aromatic rings. The van der Waals surface area contributed by atoms with Crippen molar-refractivity contribution in [2.45, 2.75) is 25.6 Å². The summed E-state index contributed by atoms with van der Waals surface area (Å²) in [5.74, 6) is 3.81. The molecule has 1 amide bonds. The standard InChI is InChI=1S/C33H40N8O4/c1-21(39(2)3)34-33(42)45-23-16-17-41(20-23)31-19-26(22-12-13-27(43-6)28(18-22)44-7)36-29(37-31)14-15-30-35-25-11-9-8-10-24(25)32(38-30)40(4)5/h8-15,18-19,21,23H,16-17,20H2,1-7H3,(H,34,42). The van der Waals surface area contributed by atoms with Crippen LogP contribution in [0.5, 0.6) is 11.5 Å². The second kappa shape index (κ2) is 13.8. The summed E-state index contributed by atoms with van der Waals surface area (Å²) >= 11 is 0. The predicted molar refractivity (Wildman–Crippen MR) is 177 cm³/mol. The van der Waals surface area contributed by atoms with Crippen LogP contribution >= 0.6 is 0 Å². The molecule has 12 heteroatoms. The maximum atomic E-state index is 12.5. The van der Waals surface area contributed by atoms with Crippen molar-refractivity contribution in [3.63, 3.8) is 0 Å². The van der Waals surface area contributed by atoms with E-state index >= 15 is 0 Å². The summed E-state index contributed by atoms with van der Waals surface area (Å²) in [6.45, 7) is 3.08. The summed E-state index contributed by atoms with van der Waals surface area (Å²) in [6.07, 6.45) is 3.47. The third kappa shape index (κ3) is 7.40. The summed E-state index contributed by atoms with van der Waals surface area (Å²) in [5, 5.41) is 3.83. The number of carbonyl (C=O) groups excluding carboxylic acids is 1. The van der Waals surface area contributed by atoms with E-state index < -0.39 is 6.09 Å². The van der Waals surface area contributed by atoms with Gasteiger partial charge in [0.25, 0.3) is 0 Å². The SMILES string of the molecule is COc1ccc(-c2cc(N3CCC(OC(=O)NC(C)N(C)C)C3)nc(C=Cc3nc(N(C)C)c4ccccc4n3)n2)cc1OC. The summed E-state index contributed by atoms with van der Waals surface area (Å²) < 4.78 is 16.7. The number of anilines is 2. The number of nitrogens with zero attached hydrogens (tertiary/aromatic N) is 7. The highest BCUT2D eigenvalue weighted by Gasteiger charge is 2.28. The molecule has 0 saturated carbocycles. The molecule has 1 aliphatic rings. The number of nitrogens with one attached hydrogen (secondary N) is 1. The van der Waals surface area contributed by atoms with E-state index in [-0.39, 0.29) is 12.3 Å². The van der Waals surface area contributed by atoms with E-state index in [4.69, 9.17) is 34.1 Å². The molecule has 2 unspecified atom stereocenters. The summed E-state index contributed by atoms with van der Waals surface area (Å²) in [4.78, 5) is 37.7. The van der Waals surface area contributed by atoms with Crippen LogP contribution in [0, 0.1) is 0 Å². The highest BCUT2D eigenvalue weighted by atomic mass is 16.6. The fourth-order valence-electron chi connectivity index (χ4n) is 4.99. The topological polar surface area (TPSA) is 118 Å². The van der Waals surface area contributed by atoms with Crippen LogP contribution in [0.4, 0.5) is 16.4 Å². The average molecular weight is 613 g/mol. The van der Waals surface area contributed by atoms with Gasteiger partial charge >= 0.3 is 6.09 Å². The molecule has 1 fully saturated rings. The molecule has 2 atom stereocenters. The molecule has 1 saturated heterocycles. The average Bonchev–Trinajstić information content (AvgIpc) is 3.51. The van der Waals surface area contributed by atoms with Gasteiger partial charge in [0, 0.05) is 44.1 Å². The Balaban J connectivity index is 1.47. The van der Waals surface area contributed by atoms with Crippen LogP contribution in [0.25, 0.3) is 34.3 Å². The highest BCUT2D eigenvalue weighted by molar-refractivity contribution is 5.90. The van der Waals surface area contributed by atoms with Crippen LogP contribution < -0.4 is 24.6 Å². The Morgan fingerprint density at radius 2 is 1.69 bits per heavy atom. The van der Waals surface area contributed by atoms with Gasteiger partial charge in [0.1, 0.15) is 17.7 Å². The number of carbonyl (C=O) groups is 1. The Morgan fingerprint density at radius 1 is 0.956 bits per heavy atom. The minimum absolute atomic E-state index is 0.143. The molecule has 0 aliphatic carbocycles. The van der Waals surface area contributed by atoms with Crippen molar-refractivity contribution in [3.05, 3.63) is 60.2 Å². The molecular weight excluding hydrogens is 572 g/mol. The van der Waals surface area contributed by atoms with Crippen LogP contribution in [0.3, 0.4) is 0 Å². The van der Waals surface area contributed by atoms with Crippen molar-refractivity contribution in [2.24, 2.45) is 0 Å². The van der Waals surface area contributed by atoms with Crippen molar-refractivity contribution < 1.29 is 19.0 Å². The third-order valence-corrected chi connectivity index (χ3v) is 7.66. The van der Waals surface area contributed by atoms with Crippen molar-refractivity contribution in [1.29, 1.82) is 0 Å². The maximum absolute atomic E-state index is 12.5. The minimum atomic E-state index is -0.437. The molecule has 2 aromatic heterocycles. The first-order valence-corrected chi connectivity index (χ1v) is 14.8. The van der Waals surface area contributed by atoms with E-state index in [0.717, 1.165) is 28.1 Å². The van der Waals surface area contributed by atoms with E-state index in [1.807, 2.05) is 106 Å².